The van der Waals surface area contributed by atoms with Gasteiger partial charge in [0.15, 0.2) is 0 Å². The summed E-state index contributed by atoms with van der Waals surface area (Å²) in [5, 5.41) is 11.5. The summed E-state index contributed by atoms with van der Waals surface area (Å²) in [6.07, 6.45) is 0.883. The van der Waals surface area contributed by atoms with E-state index in [2.05, 4.69) is 33.6 Å². The third-order valence-corrected chi connectivity index (χ3v) is 5.25. The highest BCUT2D eigenvalue weighted by Gasteiger charge is 2.32. The predicted octanol–water partition coefficient (Wildman–Crippen LogP) is 0.892. The van der Waals surface area contributed by atoms with Crippen LogP contribution in [0.1, 0.15) is 31.4 Å². The number of amides is 2. The lowest BCUT2D eigenvalue weighted by Gasteiger charge is -2.36. The summed E-state index contributed by atoms with van der Waals surface area (Å²) in [5.74, 6) is -0.800. The monoisotopic (exact) mass is 341 g/mol. The smallest absolute Gasteiger partial charge is 0.235 e. The highest BCUT2D eigenvalue weighted by Crippen LogP contribution is 2.35. The quantitative estimate of drug-likeness (QED) is 0.793. The number of aromatic nitrogens is 2. The van der Waals surface area contributed by atoms with E-state index in [0.717, 1.165) is 41.9 Å². The Hall–Kier alpha value is -2.41. The Morgan fingerprint density at radius 2 is 2.12 bits per heavy atom. The van der Waals surface area contributed by atoms with Gasteiger partial charge in [-0.2, -0.15) is 5.10 Å². The fourth-order valence-electron chi connectivity index (χ4n) is 3.99. The zero-order valence-corrected chi connectivity index (χ0v) is 14.6. The van der Waals surface area contributed by atoms with Crippen LogP contribution in [0.3, 0.4) is 0 Å². The van der Waals surface area contributed by atoms with E-state index in [0.29, 0.717) is 18.9 Å². The van der Waals surface area contributed by atoms with E-state index in [-0.39, 0.29) is 17.7 Å². The van der Waals surface area contributed by atoms with Crippen molar-refractivity contribution in [3.63, 3.8) is 0 Å². The van der Waals surface area contributed by atoms with Crippen molar-refractivity contribution < 1.29 is 9.59 Å². The van der Waals surface area contributed by atoms with Crippen LogP contribution >= 0.6 is 0 Å². The summed E-state index contributed by atoms with van der Waals surface area (Å²) >= 11 is 0. The average molecular weight is 341 g/mol. The van der Waals surface area contributed by atoms with Crippen molar-refractivity contribution in [3.05, 3.63) is 23.9 Å². The molecule has 0 spiro atoms. The molecule has 2 amide bonds. The molecule has 25 heavy (non-hydrogen) atoms. The van der Waals surface area contributed by atoms with E-state index in [9.17, 15) is 9.59 Å². The van der Waals surface area contributed by atoms with E-state index < -0.39 is 0 Å². The molecule has 0 saturated carbocycles. The average Bonchev–Trinajstić information content (AvgIpc) is 2.92. The van der Waals surface area contributed by atoms with E-state index in [1.54, 1.807) is 0 Å². The van der Waals surface area contributed by atoms with Crippen molar-refractivity contribution >= 4 is 28.4 Å². The second-order valence-electron chi connectivity index (χ2n) is 6.93. The molecule has 0 aliphatic carbocycles. The third kappa shape index (κ3) is 2.68. The molecule has 0 bridgehead atoms. The number of fused-ring (bicyclic) bond motifs is 1. The van der Waals surface area contributed by atoms with Gasteiger partial charge in [0.05, 0.1) is 22.8 Å². The minimum Gasteiger partial charge on any atom is -0.365 e. The van der Waals surface area contributed by atoms with Crippen LogP contribution in [0.15, 0.2) is 18.2 Å². The molecule has 2 aliphatic rings. The highest BCUT2D eigenvalue weighted by atomic mass is 16.2. The number of benzene rings is 1. The maximum atomic E-state index is 12.3. The molecule has 4 rings (SSSR count). The fraction of sp³-hybridized carbons (Fsp3) is 0.500. The summed E-state index contributed by atoms with van der Waals surface area (Å²) in [6.45, 7) is 5.06. The number of para-hydroxylation sites is 1. The first kappa shape index (κ1) is 16.1. The summed E-state index contributed by atoms with van der Waals surface area (Å²) in [6, 6.07) is 6.58. The lowest BCUT2D eigenvalue weighted by atomic mass is 9.92. The van der Waals surface area contributed by atoms with Gasteiger partial charge in [0.25, 0.3) is 0 Å². The number of piperidine rings is 1. The lowest BCUT2D eigenvalue weighted by molar-refractivity contribution is -0.134. The molecule has 2 saturated heterocycles. The number of aryl methyl sites for hydroxylation is 1. The fourth-order valence-corrected chi connectivity index (χ4v) is 3.99. The van der Waals surface area contributed by atoms with Crippen molar-refractivity contribution in [2.45, 2.75) is 31.7 Å². The Kier molecular flexibility index (Phi) is 3.95. The Bertz CT molecular complexity index is 843. The summed E-state index contributed by atoms with van der Waals surface area (Å²) in [7, 11) is 1.92. The molecular formula is C18H23N5O2. The van der Waals surface area contributed by atoms with E-state index in [1.165, 1.54) is 0 Å². The maximum absolute atomic E-state index is 12.3. The summed E-state index contributed by atoms with van der Waals surface area (Å²) in [5.41, 5.74) is 2.98. The number of hydrogen-bond donors (Lipinski definition) is 2. The minimum absolute atomic E-state index is 0.197. The van der Waals surface area contributed by atoms with Crippen molar-refractivity contribution in [2.75, 3.05) is 24.5 Å². The number of carbonyl (C=O) groups excluding carboxylic acids is 2. The lowest BCUT2D eigenvalue weighted by Crippen LogP contribution is -2.50. The second kappa shape index (κ2) is 6.15. The van der Waals surface area contributed by atoms with E-state index >= 15 is 0 Å². The van der Waals surface area contributed by atoms with Crippen molar-refractivity contribution in [1.29, 1.82) is 0 Å². The zero-order valence-electron chi connectivity index (χ0n) is 14.6. The Morgan fingerprint density at radius 1 is 1.28 bits per heavy atom. The molecule has 2 N–H and O–H groups in total. The SMILES string of the molecule is C[C@@H]1CNCCN1c1cccc2c(C3CCC(=O)NC3=O)nn(C)c12. The first-order valence-electron chi connectivity index (χ1n) is 8.83. The van der Waals surface area contributed by atoms with Crippen molar-refractivity contribution in [2.24, 2.45) is 7.05 Å². The predicted molar refractivity (Wildman–Crippen MR) is 95.5 cm³/mol. The molecule has 2 fully saturated rings. The van der Waals surface area contributed by atoms with Crippen LogP contribution in [0, 0.1) is 0 Å². The van der Waals surface area contributed by atoms with Gasteiger partial charge in [-0.15, -0.1) is 0 Å². The highest BCUT2D eigenvalue weighted by molar-refractivity contribution is 6.03. The molecular weight excluding hydrogens is 318 g/mol. The molecule has 7 nitrogen and oxygen atoms in total. The third-order valence-electron chi connectivity index (χ3n) is 5.25. The summed E-state index contributed by atoms with van der Waals surface area (Å²) in [4.78, 5) is 26.1. The van der Waals surface area contributed by atoms with Crippen LogP contribution in [-0.4, -0.2) is 47.3 Å². The van der Waals surface area contributed by atoms with Gasteiger partial charge in [0.1, 0.15) is 0 Å². The van der Waals surface area contributed by atoms with Crippen molar-refractivity contribution in [3.8, 4) is 0 Å². The van der Waals surface area contributed by atoms with Crippen LogP contribution in [0.5, 0.6) is 0 Å². The second-order valence-corrected chi connectivity index (χ2v) is 6.93. The van der Waals surface area contributed by atoms with Crippen LogP contribution in [0.2, 0.25) is 0 Å². The number of piperazine rings is 1. The van der Waals surface area contributed by atoms with Crippen LogP contribution in [-0.2, 0) is 16.6 Å². The maximum Gasteiger partial charge on any atom is 0.235 e. The van der Waals surface area contributed by atoms with Gasteiger partial charge in [-0.05, 0) is 19.4 Å². The van der Waals surface area contributed by atoms with Crippen LogP contribution < -0.4 is 15.5 Å². The first-order chi connectivity index (χ1) is 12.1. The van der Waals surface area contributed by atoms with Crippen molar-refractivity contribution in [1.82, 2.24) is 20.4 Å². The van der Waals surface area contributed by atoms with Gasteiger partial charge in [0.2, 0.25) is 11.8 Å². The van der Waals surface area contributed by atoms with Gasteiger partial charge >= 0.3 is 0 Å². The summed E-state index contributed by atoms with van der Waals surface area (Å²) < 4.78 is 1.87. The number of hydrogen-bond acceptors (Lipinski definition) is 5. The number of rotatable bonds is 2. The topological polar surface area (TPSA) is 79.3 Å². The number of nitrogens with zero attached hydrogens (tertiary/aromatic N) is 3. The molecule has 2 aliphatic heterocycles. The van der Waals surface area contributed by atoms with Crippen LogP contribution in [0.25, 0.3) is 10.9 Å². The first-order valence-corrected chi connectivity index (χ1v) is 8.83. The molecule has 1 unspecified atom stereocenters. The number of nitrogens with one attached hydrogen (secondary N) is 2. The minimum atomic E-state index is -0.364. The van der Waals surface area contributed by atoms with Gasteiger partial charge in [-0.25, -0.2) is 0 Å². The Morgan fingerprint density at radius 3 is 2.88 bits per heavy atom. The van der Waals surface area contributed by atoms with E-state index in [4.69, 9.17) is 0 Å². The molecule has 132 valence electrons. The molecule has 1 aromatic carbocycles. The normalized spacial score (nSPS) is 24.6. The molecule has 1 aromatic heterocycles. The molecule has 2 atom stereocenters. The van der Waals surface area contributed by atoms with Gasteiger partial charge in [-0.1, -0.05) is 12.1 Å². The zero-order chi connectivity index (χ0) is 17.6. The molecule has 2 aromatic rings. The molecule has 3 heterocycles. The van der Waals surface area contributed by atoms with Crippen LogP contribution in [0.4, 0.5) is 5.69 Å². The standard InChI is InChI=1S/C18H23N5O2/c1-11-10-19-8-9-23(11)14-5-3-4-12-16(21-22(2)17(12)14)13-6-7-15(24)20-18(13)25/h3-5,11,13,19H,6-10H2,1-2H3,(H,20,24,25)/t11-,13?/m1/s1. The molecule has 7 heteroatoms. The van der Waals surface area contributed by atoms with E-state index in [1.807, 2.05) is 23.9 Å². The number of imide groups is 1. The number of anilines is 1. The van der Waals surface area contributed by atoms with Gasteiger partial charge in [-0.3, -0.25) is 19.6 Å². The van der Waals surface area contributed by atoms with Gasteiger partial charge in [0, 0.05) is 44.5 Å². The Labute approximate surface area is 146 Å². The van der Waals surface area contributed by atoms with Gasteiger partial charge < -0.3 is 10.2 Å². The largest absolute Gasteiger partial charge is 0.365 e. The Balaban J connectivity index is 1.80. The number of carbonyl (C=O) groups is 2. The molecule has 0 radical (unpaired) electrons.